The molecule has 6 rings (SSSR count). The minimum Gasteiger partial charge on any atom is -0.453 e. The molecule has 4 heterocycles. The van der Waals surface area contributed by atoms with Crippen molar-refractivity contribution >= 4 is 24.0 Å². The first-order chi connectivity index (χ1) is 26.0. The maximum absolute atomic E-state index is 13.5. The summed E-state index contributed by atoms with van der Waals surface area (Å²) >= 11 is 0. The number of nitrogens with one attached hydrogen (secondary N) is 3. The molecule has 286 valence electrons. The highest BCUT2D eigenvalue weighted by atomic mass is 16.5. The van der Waals surface area contributed by atoms with Crippen LogP contribution in [0.25, 0.3) is 33.7 Å². The van der Waals surface area contributed by atoms with Crippen LogP contribution in [0.15, 0.2) is 65.3 Å². The normalized spacial score (nSPS) is 18.1. The van der Waals surface area contributed by atoms with E-state index in [1.165, 1.54) is 14.2 Å². The molecule has 4 aromatic rings. The van der Waals surface area contributed by atoms with Crippen molar-refractivity contribution in [1.82, 2.24) is 35.4 Å². The molecule has 14 nitrogen and oxygen atoms in total. The molecular weight excluding hydrogens is 690 g/mol. The number of ether oxygens (including phenoxy) is 2. The Hall–Kier alpha value is -5.66. The summed E-state index contributed by atoms with van der Waals surface area (Å²) in [5.74, 6) is 1.24. The second kappa shape index (κ2) is 16.6. The third-order valence-electron chi connectivity index (χ3n) is 10.3. The highest BCUT2D eigenvalue weighted by Crippen LogP contribution is 2.36. The van der Waals surface area contributed by atoms with E-state index in [0.29, 0.717) is 30.6 Å². The van der Waals surface area contributed by atoms with Crippen molar-refractivity contribution in [2.45, 2.75) is 77.5 Å². The predicted octanol–water partition coefficient (Wildman–Crippen LogP) is 6.49. The summed E-state index contributed by atoms with van der Waals surface area (Å²) in [5, 5.41) is 5.36. The molecule has 4 atom stereocenters. The molecule has 0 spiro atoms. The highest BCUT2D eigenvalue weighted by molar-refractivity contribution is 5.87. The van der Waals surface area contributed by atoms with E-state index in [1.54, 1.807) is 22.2 Å². The van der Waals surface area contributed by atoms with Crippen LogP contribution in [-0.2, 0) is 19.1 Å². The van der Waals surface area contributed by atoms with Gasteiger partial charge in [-0.3, -0.25) is 9.59 Å². The number of likely N-dealkylation sites (tertiary alicyclic amines) is 2. The number of amides is 4. The van der Waals surface area contributed by atoms with Gasteiger partial charge in [0.1, 0.15) is 23.9 Å². The lowest BCUT2D eigenvalue weighted by Gasteiger charge is -2.30. The number of oxazole rings is 1. The van der Waals surface area contributed by atoms with E-state index >= 15 is 0 Å². The molecule has 2 aromatic carbocycles. The highest BCUT2D eigenvalue weighted by Gasteiger charge is 2.39. The molecule has 2 fully saturated rings. The molecular formula is C40H49N7O7. The zero-order valence-corrected chi connectivity index (χ0v) is 31.6. The van der Waals surface area contributed by atoms with E-state index in [-0.39, 0.29) is 35.7 Å². The van der Waals surface area contributed by atoms with Crippen molar-refractivity contribution in [3.8, 4) is 33.7 Å². The van der Waals surface area contributed by atoms with Crippen LogP contribution < -0.4 is 10.6 Å². The van der Waals surface area contributed by atoms with Crippen LogP contribution in [0, 0.1) is 11.8 Å². The Labute approximate surface area is 315 Å². The summed E-state index contributed by atoms with van der Waals surface area (Å²) in [5.41, 5.74) is 4.74. The molecule has 0 bridgehead atoms. The Balaban J connectivity index is 1.11. The number of hydrogen-bond acceptors (Lipinski definition) is 9. The minimum atomic E-state index is -0.715. The molecule has 2 aliphatic rings. The SMILES string of the molecule is COC(=O)N[C@H](C(=O)N1CCCC1c1ncc(-c2ccc(-c3ccc(-c4cnc([C@@H]5CCCN5C(=O)[C@@H](NC(=O)OC)C(C)C)o4)cc3)cc2)[nH]1)C(C)C. The smallest absolute Gasteiger partial charge is 0.407 e. The van der Waals surface area contributed by atoms with Crippen molar-refractivity contribution in [1.29, 1.82) is 0 Å². The average molecular weight is 740 g/mol. The van der Waals surface area contributed by atoms with Gasteiger partial charge >= 0.3 is 12.2 Å². The summed E-state index contributed by atoms with van der Waals surface area (Å²) in [6.45, 7) is 8.70. The summed E-state index contributed by atoms with van der Waals surface area (Å²) in [6.07, 6.45) is 5.36. The summed E-state index contributed by atoms with van der Waals surface area (Å²) < 4.78 is 15.7. The van der Waals surface area contributed by atoms with Crippen molar-refractivity contribution in [3.05, 3.63) is 72.6 Å². The number of alkyl carbamates (subject to hydrolysis) is 2. The molecule has 3 N–H and O–H groups in total. The molecule has 0 aliphatic carbocycles. The molecule has 1 unspecified atom stereocenters. The third-order valence-corrected chi connectivity index (χ3v) is 10.3. The second-order valence-corrected chi connectivity index (χ2v) is 14.5. The Kier molecular flexibility index (Phi) is 11.7. The van der Waals surface area contributed by atoms with Crippen LogP contribution in [0.4, 0.5) is 9.59 Å². The fourth-order valence-corrected chi connectivity index (χ4v) is 7.26. The minimum absolute atomic E-state index is 0.107. The van der Waals surface area contributed by atoms with E-state index in [4.69, 9.17) is 13.9 Å². The first-order valence-corrected chi connectivity index (χ1v) is 18.5. The zero-order valence-electron chi connectivity index (χ0n) is 31.6. The molecule has 14 heteroatoms. The monoisotopic (exact) mass is 739 g/mol. The Morgan fingerprint density at radius 2 is 1.19 bits per heavy atom. The maximum atomic E-state index is 13.5. The topological polar surface area (TPSA) is 172 Å². The lowest BCUT2D eigenvalue weighted by atomic mass is 10.0. The van der Waals surface area contributed by atoms with Crippen LogP contribution >= 0.6 is 0 Å². The number of rotatable bonds is 11. The van der Waals surface area contributed by atoms with Gasteiger partial charge < -0.3 is 39.3 Å². The maximum Gasteiger partial charge on any atom is 0.407 e. The number of aromatic amines is 1. The number of imidazole rings is 1. The largest absolute Gasteiger partial charge is 0.453 e. The first-order valence-electron chi connectivity index (χ1n) is 18.5. The average Bonchev–Trinajstić information content (AvgIpc) is 4.02. The van der Waals surface area contributed by atoms with Gasteiger partial charge in [0.15, 0.2) is 5.76 Å². The molecule has 0 saturated carbocycles. The molecule has 2 saturated heterocycles. The van der Waals surface area contributed by atoms with Gasteiger partial charge in [-0.25, -0.2) is 19.6 Å². The van der Waals surface area contributed by atoms with E-state index in [9.17, 15) is 19.2 Å². The van der Waals surface area contributed by atoms with Crippen LogP contribution in [0.2, 0.25) is 0 Å². The number of carbonyl (C=O) groups excluding carboxylic acids is 4. The van der Waals surface area contributed by atoms with Gasteiger partial charge in [0, 0.05) is 18.7 Å². The van der Waals surface area contributed by atoms with E-state index in [0.717, 1.165) is 53.6 Å². The van der Waals surface area contributed by atoms with Crippen molar-refractivity contribution < 1.29 is 33.1 Å². The van der Waals surface area contributed by atoms with Gasteiger partial charge in [0.05, 0.1) is 38.3 Å². The number of methoxy groups -OCH3 is 2. The fraction of sp³-hybridized carbons (Fsp3) is 0.450. The van der Waals surface area contributed by atoms with E-state index in [1.807, 2.05) is 64.1 Å². The Morgan fingerprint density at radius 1 is 0.704 bits per heavy atom. The number of H-pyrrole nitrogens is 1. The number of carbonyl (C=O) groups is 4. The Bertz CT molecular complexity index is 1800. The fourth-order valence-electron chi connectivity index (χ4n) is 7.26. The Morgan fingerprint density at radius 3 is 1.70 bits per heavy atom. The van der Waals surface area contributed by atoms with Gasteiger partial charge in [0.25, 0.3) is 0 Å². The van der Waals surface area contributed by atoms with Gasteiger partial charge in [-0.2, -0.15) is 0 Å². The van der Waals surface area contributed by atoms with E-state index in [2.05, 4.69) is 37.7 Å². The molecule has 4 amide bonds. The predicted molar refractivity (Wildman–Crippen MR) is 201 cm³/mol. The van der Waals surface area contributed by atoms with Gasteiger partial charge in [-0.15, -0.1) is 0 Å². The van der Waals surface area contributed by atoms with Crippen LogP contribution in [0.3, 0.4) is 0 Å². The third kappa shape index (κ3) is 8.12. The molecule has 54 heavy (non-hydrogen) atoms. The number of nitrogens with zero attached hydrogens (tertiary/aromatic N) is 4. The summed E-state index contributed by atoms with van der Waals surface area (Å²) in [7, 11) is 2.56. The van der Waals surface area contributed by atoms with Crippen LogP contribution in [-0.4, -0.2) is 88.1 Å². The van der Waals surface area contributed by atoms with Crippen molar-refractivity contribution in [2.75, 3.05) is 27.3 Å². The first kappa shape index (κ1) is 38.1. The van der Waals surface area contributed by atoms with Crippen LogP contribution in [0.1, 0.15) is 77.2 Å². The molecule has 2 aromatic heterocycles. The summed E-state index contributed by atoms with van der Waals surface area (Å²) in [6, 6.07) is 14.3. The standard InChI is InChI=1S/C40H49N7O7/c1-23(2)33(44-39(50)52-5)37(48)46-19-7-9-30(46)35-41-21-29(43-35)27-15-11-25(12-16-27)26-13-17-28(18-14-26)32-22-42-36(54-32)31-10-8-20-47(31)38(49)34(24(3)4)45-40(51)53-6/h11-18,21-24,30-31,33-34H,7-10,19-20H2,1-6H3,(H,41,43)(H,44,50)(H,45,51)/t30?,31-,33-,34-/m0/s1. The number of aromatic nitrogens is 3. The van der Waals surface area contributed by atoms with Gasteiger partial charge in [-0.1, -0.05) is 76.2 Å². The van der Waals surface area contributed by atoms with Crippen molar-refractivity contribution in [2.24, 2.45) is 11.8 Å². The number of hydrogen-bond donors (Lipinski definition) is 3. The lowest BCUT2D eigenvalue weighted by Crippen LogP contribution is -2.51. The van der Waals surface area contributed by atoms with E-state index < -0.39 is 24.3 Å². The number of benzene rings is 2. The molecule has 2 aliphatic heterocycles. The summed E-state index contributed by atoms with van der Waals surface area (Å²) in [4.78, 5) is 67.0. The van der Waals surface area contributed by atoms with Gasteiger partial charge in [-0.05, 0) is 54.2 Å². The molecule has 0 radical (unpaired) electrons. The van der Waals surface area contributed by atoms with Gasteiger partial charge in [0.2, 0.25) is 17.7 Å². The second-order valence-electron chi connectivity index (χ2n) is 14.5. The zero-order chi connectivity index (χ0) is 38.5. The quantitative estimate of drug-likeness (QED) is 0.156. The lowest BCUT2D eigenvalue weighted by molar-refractivity contribution is -0.136. The van der Waals surface area contributed by atoms with Crippen LogP contribution in [0.5, 0.6) is 0 Å². The van der Waals surface area contributed by atoms with Crippen molar-refractivity contribution in [3.63, 3.8) is 0 Å².